The van der Waals surface area contributed by atoms with Gasteiger partial charge in [-0.1, -0.05) is 19.9 Å². The Hall–Kier alpha value is -1.84. The van der Waals surface area contributed by atoms with Crippen LogP contribution in [0.5, 0.6) is 0 Å². The van der Waals surface area contributed by atoms with Gasteiger partial charge in [0.25, 0.3) is 0 Å². The van der Waals surface area contributed by atoms with Gasteiger partial charge in [0, 0.05) is 12.4 Å². The number of aromatic nitrogens is 2. The number of rotatable bonds is 2. The fourth-order valence-corrected chi connectivity index (χ4v) is 1.76. The number of esters is 1. The van der Waals surface area contributed by atoms with Gasteiger partial charge < -0.3 is 4.74 Å². The minimum absolute atomic E-state index is 0.349. The Morgan fingerprint density at radius 2 is 2.19 bits per heavy atom. The molecule has 0 saturated carbocycles. The number of hydrogen-bond donors (Lipinski definition) is 0. The van der Waals surface area contributed by atoms with Crippen LogP contribution >= 0.6 is 0 Å². The summed E-state index contributed by atoms with van der Waals surface area (Å²) in [5, 5.41) is 0. The van der Waals surface area contributed by atoms with Gasteiger partial charge in [0.1, 0.15) is 11.3 Å². The van der Waals surface area contributed by atoms with E-state index in [1.54, 1.807) is 22.9 Å². The molecule has 16 heavy (non-hydrogen) atoms. The summed E-state index contributed by atoms with van der Waals surface area (Å²) in [6.07, 6.45) is 3.46. The van der Waals surface area contributed by atoms with E-state index in [1.807, 2.05) is 6.07 Å². The Bertz CT molecular complexity index is 529. The van der Waals surface area contributed by atoms with E-state index in [2.05, 4.69) is 18.8 Å². The molecule has 2 heterocycles. The molecule has 0 N–H and O–H groups in total. The standard InChI is InChI=1S/C12H14N2O2/c1-8(2)9-4-5-10(12(15)16-3)14-7-6-13-11(9)14/h4-8H,1-3H3. The molecule has 84 valence electrons. The van der Waals surface area contributed by atoms with Gasteiger partial charge in [0.2, 0.25) is 0 Å². The summed E-state index contributed by atoms with van der Waals surface area (Å²) < 4.78 is 6.49. The molecule has 0 unspecified atom stereocenters. The minimum atomic E-state index is -0.349. The van der Waals surface area contributed by atoms with Crippen LogP contribution in [0.4, 0.5) is 0 Å². The second-order valence-electron chi connectivity index (χ2n) is 3.94. The van der Waals surface area contributed by atoms with E-state index >= 15 is 0 Å². The average molecular weight is 218 g/mol. The Labute approximate surface area is 93.9 Å². The lowest BCUT2D eigenvalue weighted by atomic mass is 10.0. The number of fused-ring (bicyclic) bond motifs is 1. The maximum atomic E-state index is 11.5. The maximum Gasteiger partial charge on any atom is 0.355 e. The first kappa shape index (κ1) is 10.7. The van der Waals surface area contributed by atoms with E-state index in [0.717, 1.165) is 11.2 Å². The zero-order valence-corrected chi connectivity index (χ0v) is 9.60. The van der Waals surface area contributed by atoms with Crippen molar-refractivity contribution in [2.45, 2.75) is 19.8 Å². The number of pyridine rings is 1. The molecule has 2 aromatic rings. The fourth-order valence-electron chi connectivity index (χ4n) is 1.76. The monoisotopic (exact) mass is 218 g/mol. The quantitative estimate of drug-likeness (QED) is 0.726. The fraction of sp³-hybridized carbons (Fsp3) is 0.333. The Morgan fingerprint density at radius 3 is 2.81 bits per heavy atom. The van der Waals surface area contributed by atoms with Gasteiger partial charge in [0.15, 0.2) is 0 Å². The molecule has 2 rings (SSSR count). The summed E-state index contributed by atoms with van der Waals surface area (Å²) >= 11 is 0. The summed E-state index contributed by atoms with van der Waals surface area (Å²) in [4.78, 5) is 15.8. The molecule has 0 aliphatic heterocycles. The SMILES string of the molecule is COC(=O)c1ccc(C(C)C)c2nccn12. The van der Waals surface area contributed by atoms with Crippen molar-refractivity contribution >= 4 is 11.6 Å². The molecule has 0 aromatic carbocycles. The highest BCUT2D eigenvalue weighted by Gasteiger charge is 2.14. The van der Waals surface area contributed by atoms with Crippen molar-refractivity contribution in [3.05, 3.63) is 35.8 Å². The number of carbonyl (C=O) groups excluding carboxylic acids is 1. The molecule has 2 aromatic heterocycles. The lowest BCUT2D eigenvalue weighted by Gasteiger charge is -2.10. The van der Waals surface area contributed by atoms with Crippen LogP contribution in [0.25, 0.3) is 5.65 Å². The lowest BCUT2D eigenvalue weighted by molar-refractivity contribution is 0.0592. The second kappa shape index (κ2) is 3.96. The third kappa shape index (κ3) is 1.56. The molecule has 0 atom stereocenters. The molecule has 0 aliphatic carbocycles. The van der Waals surface area contributed by atoms with Gasteiger partial charge >= 0.3 is 5.97 Å². The molecule has 0 saturated heterocycles. The van der Waals surface area contributed by atoms with Crippen LogP contribution in [-0.2, 0) is 4.74 Å². The van der Waals surface area contributed by atoms with Crippen molar-refractivity contribution in [2.75, 3.05) is 7.11 Å². The van der Waals surface area contributed by atoms with Gasteiger partial charge in [-0.3, -0.25) is 4.40 Å². The number of imidazole rings is 1. The first-order chi connectivity index (χ1) is 7.65. The Morgan fingerprint density at radius 1 is 1.44 bits per heavy atom. The highest BCUT2D eigenvalue weighted by molar-refractivity contribution is 5.88. The summed E-state index contributed by atoms with van der Waals surface area (Å²) in [5.41, 5.74) is 2.44. The van der Waals surface area contributed by atoms with Crippen molar-refractivity contribution in [1.29, 1.82) is 0 Å². The van der Waals surface area contributed by atoms with Crippen LogP contribution in [0.1, 0.15) is 35.8 Å². The predicted molar refractivity (Wildman–Crippen MR) is 60.6 cm³/mol. The zero-order chi connectivity index (χ0) is 11.7. The molecule has 4 nitrogen and oxygen atoms in total. The summed E-state index contributed by atoms with van der Waals surface area (Å²) in [6.45, 7) is 4.20. The maximum absolute atomic E-state index is 11.5. The predicted octanol–water partition coefficient (Wildman–Crippen LogP) is 2.24. The molecule has 4 heteroatoms. The van der Waals surface area contributed by atoms with Crippen LogP contribution < -0.4 is 0 Å². The van der Waals surface area contributed by atoms with Gasteiger partial charge in [-0.15, -0.1) is 0 Å². The molecular weight excluding hydrogens is 204 g/mol. The minimum Gasteiger partial charge on any atom is -0.464 e. The second-order valence-corrected chi connectivity index (χ2v) is 3.94. The molecule has 0 amide bonds. The Balaban J connectivity index is 2.68. The van der Waals surface area contributed by atoms with Crippen LogP contribution in [0, 0.1) is 0 Å². The molecule has 0 bridgehead atoms. The van der Waals surface area contributed by atoms with Gasteiger partial charge in [-0.05, 0) is 17.5 Å². The van der Waals surface area contributed by atoms with Crippen LogP contribution in [0.2, 0.25) is 0 Å². The normalized spacial score (nSPS) is 11.0. The van der Waals surface area contributed by atoms with Crippen molar-refractivity contribution < 1.29 is 9.53 Å². The van der Waals surface area contributed by atoms with Crippen molar-refractivity contribution in [3.8, 4) is 0 Å². The third-order valence-corrected chi connectivity index (χ3v) is 2.60. The number of nitrogens with zero attached hydrogens (tertiary/aromatic N) is 2. The third-order valence-electron chi connectivity index (χ3n) is 2.60. The first-order valence-electron chi connectivity index (χ1n) is 5.19. The zero-order valence-electron chi connectivity index (χ0n) is 9.60. The molecule has 0 fully saturated rings. The van der Waals surface area contributed by atoms with E-state index in [0.29, 0.717) is 11.6 Å². The lowest BCUT2D eigenvalue weighted by Crippen LogP contribution is -2.09. The number of carbonyl (C=O) groups is 1. The van der Waals surface area contributed by atoms with Gasteiger partial charge in [0.05, 0.1) is 7.11 Å². The largest absolute Gasteiger partial charge is 0.464 e. The molecule has 0 aliphatic rings. The summed E-state index contributed by atoms with van der Waals surface area (Å²) in [5.74, 6) is 0.0231. The van der Waals surface area contributed by atoms with Crippen LogP contribution in [-0.4, -0.2) is 22.5 Å². The molecule has 0 spiro atoms. The van der Waals surface area contributed by atoms with E-state index < -0.39 is 0 Å². The van der Waals surface area contributed by atoms with Gasteiger partial charge in [-0.25, -0.2) is 9.78 Å². The average Bonchev–Trinajstić information content (AvgIpc) is 2.75. The smallest absolute Gasteiger partial charge is 0.355 e. The highest BCUT2D eigenvalue weighted by atomic mass is 16.5. The van der Waals surface area contributed by atoms with Crippen molar-refractivity contribution in [3.63, 3.8) is 0 Å². The van der Waals surface area contributed by atoms with Gasteiger partial charge in [-0.2, -0.15) is 0 Å². The highest BCUT2D eigenvalue weighted by Crippen LogP contribution is 2.20. The number of hydrogen-bond acceptors (Lipinski definition) is 3. The van der Waals surface area contributed by atoms with Crippen LogP contribution in [0.15, 0.2) is 24.5 Å². The summed E-state index contributed by atoms with van der Waals surface area (Å²) in [6, 6.07) is 3.70. The summed E-state index contributed by atoms with van der Waals surface area (Å²) in [7, 11) is 1.38. The first-order valence-corrected chi connectivity index (χ1v) is 5.19. The molecular formula is C12H14N2O2. The molecule has 0 radical (unpaired) electrons. The van der Waals surface area contributed by atoms with E-state index in [1.165, 1.54) is 7.11 Å². The number of ether oxygens (including phenoxy) is 1. The van der Waals surface area contributed by atoms with Crippen molar-refractivity contribution in [1.82, 2.24) is 9.38 Å². The Kier molecular flexibility index (Phi) is 2.64. The number of methoxy groups -OCH3 is 1. The van der Waals surface area contributed by atoms with E-state index in [4.69, 9.17) is 4.74 Å². The van der Waals surface area contributed by atoms with Crippen molar-refractivity contribution in [2.24, 2.45) is 0 Å². The van der Waals surface area contributed by atoms with E-state index in [-0.39, 0.29) is 5.97 Å². The van der Waals surface area contributed by atoms with E-state index in [9.17, 15) is 4.79 Å². The van der Waals surface area contributed by atoms with Crippen LogP contribution in [0.3, 0.4) is 0 Å². The topological polar surface area (TPSA) is 43.6 Å².